The smallest absolute Gasteiger partial charge is 0.329 e. The summed E-state index contributed by atoms with van der Waals surface area (Å²) in [5.41, 5.74) is 5.88. The second-order valence-electron chi connectivity index (χ2n) is 5.89. The van der Waals surface area contributed by atoms with Crippen LogP contribution < -0.4 is 11.1 Å². The molecule has 2 rings (SSSR count). The maximum absolute atomic E-state index is 12.0. The van der Waals surface area contributed by atoms with Crippen LogP contribution in [0.1, 0.15) is 44.2 Å². The molecule has 0 radical (unpaired) electrons. The third-order valence-electron chi connectivity index (χ3n) is 4.15. The maximum atomic E-state index is 12.0. The summed E-state index contributed by atoms with van der Waals surface area (Å²) in [4.78, 5) is 23.4. The van der Waals surface area contributed by atoms with Gasteiger partial charge < -0.3 is 16.2 Å². The molecule has 1 aromatic rings. The van der Waals surface area contributed by atoms with Gasteiger partial charge in [0, 0.05) is 12.5 Å². The number of hydrogen-bond donors (Lipinski definition) is 3. The van der Waals surface area contributed by atoms with Crippen molar-refractivity contribution in [1.29, 1.82) is 0 Å². The van der Waals surface area contributed by atoms with Gasteiger partial charge in [-0.25, -0.2) is 4.79 Å². The van der Waals surface area contributed by atoms with Crippen molar-refractivity contribution < 1.29 is 14.7 Å². The fraction of sp³-hybridized carbons (Fsp3) is 0.500. The zero-order valence-corrected chi connectivity index (χ0v) is 12.2. The number of amides is 1. The molecule has 0 aromatic heterocycles. The molecule has 1 aliphatic carbocycles. The quantitative estimate of drug-likeness (QED) is 0.714. The standard InChI is InChI=1S/C16H22N2O3/c1-16(15(20)21,12-7-8-12)18-14(19)10-9-13(17)11-5-3-2-4-6-11/h2-6,12-13H,7-10,17H2,1H3,(H,18,19)(H,20,21). The highest BCUT2D eigenvalue weighted by Gasteiger charge is 2.48. The van der Waals surface area contributed by atoms with E-state index in [2.05, 4.69) is 5.32 Å². The average molecular weight is 290 g/mol. The van der Waals surface area contributed by atoms with Crippen LogP contribution in [0.2, 0.25) is 0 Å². The van der Waals surface area contributed by atoms with Crippen molar-refractivity contribution in [2.24, 2.45) is 11.7 Å². The number of nitrogens with one attached hydrogen (secondary N) is 1. The number of nitrogens with two attached hydrogens (primary N) is 1. The Hall–Kier alpha value is -1.88. The molecule has 1 amide bonds. The van der Waals surface area contributed by atoms with Crippen molar-refractivity contribution in [3.05, 3.63) is 35.9 Å². The van der Waals surface area contributed by atoms with Crippen molar-refractivity contribution in [3.63, 3.8) is 0 Å². The zero-order valence-electron chi connectivity index (χ0n) is 12.2. The van der Waals surface area contributed by atoms with E-state index in [0.717, 1.165) is 18.4 Å². The number of carboxylic acid groups (broad SMARTS) is 1. The number of benzene rings is 1. The summed E-state index contributed by atoms with van der Waals surface area (Å²) in [5, 5.41) is 12.0. The average Bonchev–Trinajstić information content (AvgIpc) is 3.30. The first-order chi connectivity index (χ1) is 9.93. The van der Waals surface area contributed by atoms with Crippen molar-refractivity contribution in [3.8, 4) is 0 Å². The molecule has 21 heavy (non-hydrogen) atoms. The number of carbonyl (C=O) groups is 2. The van der Waals surface area contributed by atoms with E-state index >= 15 is 0 Å². The van der Waals surface area contributed by atoms with Gasteiger partial charge in [0.15, 0.2) is 0 Å². The van der Waals surface area contributed by atoms with Crippen LogP contribution in [0.3, 0.4) is 0 Å². The number of aliphatic carboxylic acids is 1. The summed E-state index contributed by atoms with van der Waals surface area (Å²) >= 11 is 0. The molecule has 0 aliphatic heterocycles. The minimum atomic E-state index is -1.14. The summed E-state index contributed by atoms with van der Waals surface area (Å²) in [5.74, 6) is -1.18. The monoisotopic (exact) mass is 290 g/mol. The van der Waals surface area contributed by atoms with Crippen LogP contribution in [-0.4, -0.2) is 22.5 Å². The number of carboxylic acids is 1. The fourth-order valence-electron chi connectivity index (χ4n) is 2.50. The molecule has 4 N–H and O–H groups in total. The Bertz CT molecular complexity index is 514. The fourth-order valence-corrected chi connectivity index (χ4v) is 2.50. The summed E-state index contributed by atoms with van der Waals surface area (Å²) in [6, 6.07) is 9.36. The third kappa shape index (κ3) is 3.82. The Morgan fingerprint density at radius 3 is 2.52 bits per heavy atom. The van der Waals surface area contributed by atoms with Gasteiger partial charge >= 0.3 is 5.97 Å². The molecule has 114 valence electrons. The highest BCUT2D eigenvalue weighted by molar-refractivity contribution is 5.87. The summed E-state index contributed by atoms with van der Waals surface area (Å²) in [6.07, 6.45) is 2.43. The molecule has 1 saturated carbocycles. The number of rotatable bonds is 7. The molecule has 2 atom stereocenters. The molecule has 0 bridgehead atoms. The molecule has 0 heterocycles. The molecule has 1 aromatic carbocycles. The van der Waals surface area contributed by atoms with Gasteiger partial charge in [-0.3, -0.25) is 4.79 Å². The van der Waals surface area contributed by atoms with Crippen LogP contribution in [0.4, 0.5) is 0 Å². The molecule has 0 saturated heterocycles. The van der Waals surface area contributed by atoms with Gasteiger partial charge in [0.25, 0.3) is 0 Å². The Balaban J connectivity index is 1.86. The lowest BCUT2D eigenvalue weighted by Crippen LogP contribution is -2.54. The van der Waals surface area contributed by atoms with Crippen molar-refractivity contribution in [1.82, 2.24) is 5.32 Å². The van der Waals surface area contributed by atoms with Gasteiger partial charge in [-0.15, -0.1) is 0 Å². The van der Waals surface area contributed by atoms with Gasteiger partial charge in [-0.05, 0) is 37.7 Å². The van der Waals surface area contributed by atoms with E-state index in [0.29, 0.717) is 6.42 Å². The first-order valence-corrected chi connectivity index (χ1v) is 7.28. The summed E-state index contributed by atoms with van der Waals surface area (Å²) < 4.78 is 0. The van der Waals surface area contributed by atoms with E-state index in [1.165, 1.54) is 0 Å². The first kappa shape index (κ1) is 15.5. The van der Waals surface area contributed by atoms with Crippen LogP contribution in [0.5, 0.6) is 0 Å². The predicted molar refractivity (Wildman–Crippen MR) is 79.5 cm³/mol. The normalized spacial score (nSPS) is 18.6. The molecule has 1 fully saturated rings. The number of carbonyl (C=O) groups excluding carboxylic acids is 1. The summed E-state index contributed by atoms with van der Waals surface area (Å²) in [6.45, 7) is 1.59. The first-order valence-electron chi connectivity index (χ1n) is 7.28. The van der Waals surface area contributed by atoms with Crippen LogP contribution >= 0.6 is 0 Å². The van der Waals surface area contributed by atoms with Gasteiger partial charge in [0.2, 0.25) is 5.91 Å². The number of hydrogen-bond acceptors (Lipinski definition) is 3. The topological polar surface area (TPSA) is 92.4 Å². The SMILES string of the molecule is CC(NC(=O)CCC(N)c1ccccc1)(C(=O)O)C1CC1. The van der Waals surface area contributed by atoms with Gasteiger partial charge in [0.05, 0.1) is 0 Å². The van der Waals surface area contributed by atoms with Crippen molar-refractivity contribution >= 4 is 11.9 Å². The molecule has 0 spiro atoms. The van der Waals surface area contributed by atoms with E-state index in [-0.39, 0.29) is 24.3 Å². The van der Waals surface area contributed by atoms with E-state index in [9.17, 15) is 14.7 Å². The highest BCUT2D eigenvalue weighted by Crippen LogP contribution is 2.39. The lowest BCUT2D eigenvalue weighted by atomic mass is 9.95. The van der Waals surface area contributed by atoms with Crippen molar-refractivity contribution in [2.45, 2.75) is 44.2 Å². The molecule has 2 unspecified atom stereocenters. The second-order valence-corrected chi connectivity index (χ2v) is 5.89. The van der Waals surface area contributed by atoms with Gasteiger partial charge in [-0.1, -0.05) is 30.3 Å². The predicted octanol–water partition coefficient (Wildman–Crippen LogP) is 1.84. The van der Waals surface area contributed by atoms with Gasteiger partial charge in [0.1, 0.15) is 5.54 Å². The Morgan fingerprint density at radius 2 is 2.00 bits per heavy atom. The Morgan fingerprint density at radius 1 is 1.38 bits per heavy atom. The Labute approximate surface area is 124 Å². The zero-order chi connectivity index (χ0) is 15.5. The Kier molecular flexibility index (Phi) is 4.63. The second kappa shape index (κ2) is 6.26. The van der Waals surface area contributed by atoms with Crippen LogP contribution in [0, 0.1) is 5.92 Å². The maximum Gasteiger partial charge on any atom is 0.329 e. The van der Waals surface area contributed by atoms with E-state index < -0.39 is 11.5 Å². The lowest BCUT2D eigenvalue weighted by Gasteiger charge is -2.26. The minimum absolute atomic E-state index is 0.0433. The molecule has 1 aliphatic rings. The molecule has 5 nitrogen and oxygen atoms in total. The van der Waals surface area contributed by atoms with Crippen LogP contribution in [0.15, 0.2) is 30.3 Å². The van der Waals surface area contributed by atoms with Crippen LogP contribution in [-0.2, 0) is 9.59 Å². The van der Waals surface area contributed by atoms with Crippen LogP contribution in [0.25, 0.3) is 0 Å². The molecular formula is C16H22N2O3. The highest BCUT2D eigenvalue weighted by atomic mass is 16.4. The molecular weight excluding hydrogens is 268 g/mol. The minimum Gasteiger partial charge on any atom is -0.480 e. The van der Waals surface area contributed by atoms with Crippen molar-refractivity contribution in [2.75, 3.05) is 0 Å². The van der Waals surface area contributed by atoms with Gasteiger partial charge in [-0.2, -0.15) is 0 Å². The van der Waals surface area contributed by atoms with E-state index in [4.69, 9.17) is 5.73 Å². The third-order valence-corrected chi connectivity index (χ3v) is 4.15. The lowest BCUT2D eigenvalue weighted by molar-refractivity contribution is -0.147. The van der Waals surface area contributed by atoms with E-state index in [1.807, 2.05) is 30.3 Å². The van der Waals surface area contributed by atoms with E-state index in [1.54, 1.807) is 6.92 Å². The summed E-state index contributed by atoms with van der Waals surface area (Å²) in [7, 11) is 0. The largest absolute Gasteiger partial charge is 0.480 e. The molecule has 5 heteroatoms.